The van der Waals surface area contributed by atoms with E-state index in [1.165, 1.54) is 6.07 Å². The van der Waals surface area contributed by atoms with Crippen LogP contribution in [0, 0.1) is 18.7 Å². The first-order valence-corrected chi connectivity index (χ1v) is 7.32. The summed E-state index contributed by atoms with van der Waals surface area (Å²) >= 11 is 0. The molecule has 0 unspecified atom stereocenters. The van der Waals surface area contributed by atoms with Crippen molar-refractivity contribution in [1.29, 1.82) is 0 Å². The van der Waals surface area contributed by atoms with E-state index < -0.39 is 5.82 Å². The van der Waals surface area contributed by atoms with Gasteiger partial charge in [0.2, 0.25) is 0 Å². The maximum Gasteiger partial charge on any atom is 0.256 e. The fourth-order valence-electron chi connectivity index (χ4n) is 2.75. The maximum absolute atomic E-state index is 13.8. The van der Waals surface area contributed by atoms with Gasteiger partial charge in [-0.1, -0.05) is 11.6 Å². The first-order valence-electron chi connectivity index (χ1n) is 7.32. The molecule has 1 amide bonds. The van der Waals surface area contributed by atoms with Gasteiger partial charge in [-0.25, -0.2) is 4.39 Å². The summed E-state index contributed by atoms with van der Waals surface area (Å²) in [5, 5.41) is 3.16. The Bertz CT molecular complexity index is 468. The van der Waals surface area contributed by atoms with Crippen LogP contribution in [0.3, 0.4) is 0 Å². The summed E-state index contributed by atoms with van der Waals surface area (Å²) in [5.74, 6) is 0.0880. The molecule has 110 valence electrons. The van der Waals surface area contributed by atoms with Crippen LogP contribution in [0.1, 0.15) is 35.2 Å². The van der Waals surface area contributed by atoms with Gasteiger partial charge in [0.15, 0.2) is 0 Å². The summed E-state index contributed by atoms with van der Waals surface area (Å²) in [6, 6.07) is 4.71. The molecule has 1 aromatic rings. The number of amides is 1. The molecule has 0 aliphatic carbocycles. The van der Waals surface area contributed by atoms with E-state index in [2.05, 4.69) is 5.32 Å². The zero-order chi connectivity index (χ0) is 14.5. The third-order valence-corrected chi connectivity index (χ3v) is 4.06. The second-order valence-corrected chi connectivity index (χ2v) is 5.61. The molecule has 0 bridgehead atoms. The molecule has 1 saturated heterocycles. The average Bonchev–Trinajstić information content (AvgIpc) is 2.47. The molecular formula is C16H23FN2O. The number of aryl methyl sites for hydroxylation is 1. The van der Waals surface area contributed by atoms with Crippen LogP contribution in [0.15, 0.2) is 18.2 Å². The summed E-state index contributed by atoms with van der Waals surface area (Å²) in [6.07, 6.45) is 3.18. The normalized spacial score (nSPS) is 16.4. The smallest absolute Gasteiger partial charge is 0.256 e. The van der Waals surface area contributed by atoms with Crippen LogP contribution in [-0.2, 0) is 0 Å². The van der Waals surface area contributed by atoms with Crippen LogP contribution < -0.4 is 5.32 Å². The SMILES string of the molecule is CNCCC1CCN(C(=O)c2cc(C)ccc2F)CC1. The molecule has 1 aromatic carbocycles. The number of hydrogen-bond donors (Lipinski definition) is 1. The minimum atomic E-state index is -0.419. The Morgan fingerprint density at radius 1 is 1.40 bits per heavy atom. The van der Waals surface area contributed by atoms with Crippen LogP contribution in [-0.4, -0.2) is 37.5 Å². The highest BCUT2D eigenvalue weighted by molar-refractivity contribution is 5.94. The third kappa shape index (κ3) is 3.57. The number of benzene rings is 1. The molecule has 0 radical (unpaired) electrons. The fourth-order valence-corrected chi connectivity index (χ4v) is 2.75. The van der Waals surface area contributed by atoms with Gasteiger partial charge in [-0.15, -0.1) is 0 Å². The molecule has 1 heterocycles. The topological polar surface area (TPSA) is 32.3 Å². The third-order valence-electron chi connectivity index (χ3n) is 4.06. The van der Waals surface area contributed by atoms with Crippen LogP contribution in [0.5, 0.6) is 0 Å². The van der Waals surface area contributed by atoms with Crippen molar-refractivity contribution in [3.8, 4) is 0 Å². The molecule has 1 N–H and O–H groups in total. The number of carbonyl (C=O) groups excluding carboxylic acids is 1. The van der Waals surface area contributed by atoms with Crippen molar-refractivity contribution in [3.63, 3.8) is 0 Å². The first-order chi connectivity index (χ1) is 9.61. The minimum Gasteiger partial charge on any atom is -0.339 e. The molecule has 2 rings (SSSR count). The lowest BCUT2D eigenvalue weighted by Crippen LogP contribution is -2.39. The summed E-state index contributed by atoms with van der Waals surface area (Å²) in [4.78, 5) is 14.2. The number of carbonyl (C=O) groups is 1. The van der Waals surface area contributed by atoms with Crippen molar-refractivity contribution in [3.05, 3.63) is 35.1 Å². The number of halogens is 1. The predicted molar refractivity (Wildman–Crippen MR) is 78.3 cm³/mol. The van der Waals surface area contributed by atoms with E-state index in [0.29, 0.717) is 5.92 Å². The average molecular weight is 278 g/mol. The molecule has 0 atom stereocenters. The lowest BCUT2D eigenvalue weighted by Gasteiger charge is -2.32. The Morgan fingerprint density at radius 2 is 2.10 bits per heavy atom. The molecule has 0 aromatic heterocycles. The molecule has 4 heteroatoms. The van der Waals surface area contributed by atoms with Crippen LogP contribution in [0.25, 0.3) is 0 Å². The van der Waals surface area contributed by atoms with E-state index >= 15 is 0 Å². The number of nitrogens with zero attached hydrogens (tertiary/aromatic N) is 1. The zero-order valence-corrected chi connectivity index (χ0v) is 12.3. The zero-order valence-electron chi connectivity index (χ0n) is 12.3. The van der Waals surface area contributed by atoms with Crippen molar-refractivity contribution in [1.82, 2.24) is 10.2 Å². The highest BCUT2D eigenvalue weighted by Gasteiger charge is 2.24. The number of rotatable bonds is 4. The Kier molecular flexibility index (Phi) is 5.12. The quantitative estimate of drug-likeness (QED) is 0.918. The van der Waals surface area contributed by atoms with Gasteiger partial charge in [-0.05, 0) is 57.8 Å². The van der Waals surface area contributed by atoms with Gasteiger partial charge in [-0.3, -0.25) is 4.79 Å². The summed E-state index contributed by atoms with van der Waals surface area (Å²) < 4.78 is 13.8. The number of likely N-dealkylation sites (tertiary alicyclic amines) is 1. The fraction of sp³-hybridized carbons (Fsp3) is 0.562. The Morgan fingerprint density at radius 3 is 2.75 bits per heavy atom. The highest BCUT2D eigenvalue weighted by atomic mass is 19.1. The van der Waals surface area contributed by atoms with Crippen molar-refractivity contribution in [2.24, 2.45) is 5.92 Å². The Labute approximate surface area is 120 Å². The molecule has 0 spiro atoms. The van der Waals surface area contributed by atoms with E-state index in [1.807, 2.05) is 14.0 Å². The van der Waals surface area contributed by atoms with Crippen molar-refractivity contribution < 1.29 is 9.18 Å². The second-order valence-electron chi connectivity index (χ2n) is 5.61. The molecule has 1 aliphatic rings. The van der Waals surface area contributed by atoms with E-state index in [-0.39, 0.29) is 11.5 Å². The van der Waals surface area contributed by atoms with Gasteiger partial charge in [-0.2, -0.15) is 0 Å². The maximum atomic E-state index is 13.8. The number of piperidine rings is 1. The largest absolute Gasteiger partial charge is 0.339 e. The standard InChI is InChI=1S/C16H23FN2O/c1-12-3-4-15(17)14(11-12)16(20)19-9-6-13(7-10-19)5-8-18-2/h3-4,11,13,18H,5-10H2,1-2H3. The van der Waals surface area contributed by atoms with E-state index in [1.54, 1.807) is 17.0 Å². The molecule has 3 nitrogen and oxygen atoms in total. The molecule has 20 heavy (non-hydrogen) atoms. The summed E-state index contributed by atoms with van der Waals surface area (Å²) in [7, 11) is 1.96. The van der Waals surface area contributed by atoms with Gasteiger partial charge >= 0.3 is 0 Å². The van der Waals surface area contributed by atoms with Gasteiger partial charge in [0.1, 0.15) is 5.82 Å². The van der Waals surface area contributed by atoms with E-state index in [9.17, 15) is 9.18 Å². The van der Waals surface area contributed by atoms with Crippen LogP contribution in [0.2, 0.25) is 0 Å². The van der Waals surface area contributed by atoms with Gasteiger partial charge < -0.3 is 10.2 Å². The Hall–Kier alpha value is -1.42. The Balaban J connectivity index is 1.96. The number of hydrogen-bond acceptors (Lipinski definition) is 2. The van der Waals surface area contributed by atoms with Gasteiger partial charge in [0.25, 0.3) is 5.91 Å². The van der Waals surface area contributed by atoms with Crippen LogP contribution >= 0.6 is 0 Å². The minimum absolute atomic E-state index is 0.168. The van der Waals surface area contributed by atoms with Gasteiger partial charge in [0.05, 0.1) is 5.56 Å². The van der Waals surface area contributed by atoms with Crippen molar-refractivity contribution in [2.75, 3.05) is 26.7 Å². The summed E-state index contributed by atoms with van der Waals surface area (Å²) in [5.41, 5.74) is 1.12. The van der Waals surface area contributed by atoms with E-state index in [4.69, 9.17) is 0 Å². The van der Waals surface area contributed by atoms with E-state index in [0.717, 1.165) is 44.5 Å². The first kappa shape index (κ1) is 15.0. The van der Waals surface area contributed by atoms with Crippen molar-refractivity contribution >= 4 is 5.91 Å². The predicted octanol–water partition coefficient (Wildman–Crippen LogP) is 2.60. The number of nitrogens with one attached hydrogen (secondary N) is 1. The molecular weight excluding hydrogens is 255 g/mol. The van der Waals surface area contributed by atoms with Gasteiger partial charge in [0, 0.05) is 13.1 Å². The lowest BCUT2D eigenvalue weighted by molar-refractivity contribution is 0.0682. The van der Waals surface area contributed by atoms with Crippen molar-refractivity contribution in [2.45, 2.75) is 26.2 Å². The monoisotopic (exact) mass is 278 g/mol. The second kappa shape index (κ2) is 6.84. The molecule has 1 aliphatic heterocycles. The molecule has 0 saturated carbocycles. The summed E-state index contributed by atoms with van der Waals surface area (Å²) in [6.45, 7) is 4.37. The van der Waals surface area contributed by atoms with Crippen LogP contribution in [0.4, 0.5) is 4.39 Å². The highest BCUT2D eigenvalue weighted by Crippen LogP contribution is 2.22. The lowest BCUT2D eigenvalue weighted by atomic mass is 9.93. The molecule has 1 fully saturated rings.